The minimum atomic E-state index is -0.556. The molecule has 78 valence electrons. The maximum atomic E-state index is 11.4. The first-order valence-electron chi connectivity index (χ1n) is 4.09. The van der Waals surface area contributed by atoms with Gasteiger partial charge in [0.25, 0.3) is 5.56 Å². The van der Waals surface area contributed by atoms with Gasteiger partial charge in [-0.1, -0.05) is 0 Å². The van der Waals surface area contributed by atoms with Crippen molar-refractivity contribution in [1.82, 2.24) is 9.97 Å². The third-order valence-corrected chi connectivity index (χ3v) is 2.86. The highest BCUT2D eigenvalue weighted by Gasteiger charge is 2.10. The first kappa shape index (κ1) is 9.66. The van der Waals surface area contributed by atoms with Crippen LogP contribution in [-0.4, -0.2) is 15.9 Å². The Bertz CT molecular complexity index is 636. The van der Waals surface area contributed by atoms with E-state index in [1.54, 1.807) is 5.38 Å². The number of amides is 1. The van der Waals surface area contributed by atoms with Crippen LogP contribution >= 0.6 is 11.3 Å². The molecule has 2 heterocycles. The maximum absolute atomic E-state index is 11.4. The molecule has 0 aliphatic carbocycles. The highest BCUT2D eigenvalue weighted by Crippen LogP contribution is 2.19. The lowest BCUT2D eigenvalue weighted by atomic mass is 10.2. The molecule has 0 radical (unpaired) electrons. The molecule has 0 aliphatic rings. The minimum Gasteiger partial charge on any atom is -0.369 e. The van der Waals surface area contributed by atoms with Gasteiger partial charge in [-0.25, -0.2) is 4.79 Å². The van der Waals surface area contributed by atoms with Gasteiger partial charge in [0.15, 0.2) is 0 Å². The molecule has 7 heteroatoms. The molecule has 0 unspecified atom stereocenters. The molecule has 2 aromatic rings. The molecule has 2 rings (SSSR count). The van der Waals surface area contributed by atoms with Gasteiger partial charge in [-0.15, -0.1) is 11.3 Å². The lowest BCUT2D eigenvalue weighted by molar-refractivity contribution is -0.117. The zero-order chi connectivity index (χ0) is 11.0. The van der Waals surface area contributed by atoms with Gasteiger partial charge in [0.1, 0.15) is 4.83 Å². The van der Waals surface area contributed by atoms with Crippen LogP contribution in [0.25, 0.3) is 10.2 Å². The number of aromatic nitrogens is 2. The van der Waals surface area contributed by atoms with E-state index in [9.17, 15) is 14.4 Å². The molecule has 0 aromatic carbocycles. The van der Waals surface area contributed by atoms with Crippen molar-refractivity contribution in [2.75, 3.05) is 0 Å². The van der Waals surface area contributed by atoms with Crippen LogP contribution in [0, 0.1) is 0 Å². The number of nitrogens with two attached hydrogens (primary N) is 1. The van der Waals surface area contributed by atoms with E-state index in [4.69, 9.17) is 5.73 Å². The van der Waals surface area contributed by atoms with Crippen molar-refractivity contribution in [3.05, 3.63) is 31.8 Å². The van der Waals surface area contributed by atoms with Gasteiger partial charge < -0.3 is 5.73 Å². The van der Waals surface area contributed by atoms with Gasteiger partial charge in [-0.05, 0) is 10.9 Å². The molecule has 0 saturated carbocycles. The minimum absolute atomic E-state index is 0.00484. The molecule has 0 aliphatic heterocycles. The van der Waals surface area contributed by atoms with Crippen LogP contribution in [0.5, 0.6) is 0 Å². The Morgan fingerprint density at radius 3 is 2.80 bits per heavy atom. The first-order valence-corrected chi connectivity index (χ1v) is 4.97. The molecule has 0 spiro atoms. The van der Waals surface area contributed by atoms with E-state index in [0.717, 1.165) is 0 Å². The van der Waals surface area contributed by atoms with Crippen LogP contribution in [0.15, 0.2) is 15.0 Å². The molecule has 0 saturated heterocycles. The Morgan fingerprint density at radius 2 is 2.13 bits per heavy atom. The fraction of sp³-hybridized carbons (Fsp3) is 0.125. The number of hydrogen-bond donors (Lipinski definition) is 3. The summed E-state index contributed by atoms with van der Waals surface area (Å²) in [6.07, 6.45) is -0.00484. The molecule has 1 amide bonds. The number of thiophene rings is 1. The second-order valence-electron chi connectivity index (χ2n) is 3.02. The Balaban J connectivity index is 2.74. The van der Waals surface area contributed by atoms with Crippen LogP contribution in [-0.2, 0) is 11.2 Å². The largest absolute Gasteiger partial charge is 0.369 e. The maximum Gasteiger partial charge on any atom is 0.326 e. The molecule has 4 N–H and O–H groups in total. The number of hydrogen-bond acceptors (Lipinski definition) is 4. The van der Waals surface area contributed by atoms with Crippen LogP contribution in [0.3, 0.4) is 0 Å². The summed E-state index contributed by atoms with van der Waals surface area (Å²) in [5.74, 6) is -0.514. The fourth-order valence-corrected chi connectivity index (χ4v) is 2.31. The topological polar surface area (TPSA) is 109 Å². The average molecular weight is 225 g/mol. The van der Waals surface area contributed by atoms with Gasteiger partial charge in [0.2, 0.25) is 5.91 Å². The lowest BCUT2D eigenvalue weighted by Crippen LogP contribution is -2.22. The number of fused-ring (bicyclic) bond motifs is 1. The predicted molar refractivity (Wildman–Crippen MR) is 56.0 cm³/mol. The Hall–Kier alpha value is -1.89. The normalized spacial score (nSPS) is 10.7. The fourth-order valence-electron chi connectivity index (χ4n) is 1.35. The summed E-state index contributed by atoms with van der Waals surface area (Å²) in [6.45, 7) is 0. The zero-order valence-electron chi connectivity index (χ0n) is 7.49. The summed E-state index contributed by atoms with van der Waals surface area (Å²) in [5.41, 5.74) is 4.53. The van der Waals surface area contributed by atoms with Gasteiger partial charge in [0.05, 0.1) is 11.8 Å². The second kappa shape index (κ2) is 3.35. The summed E-state index contributed by atoms with van der Waals surface area (Å²) in [7, 11) is 0. The number of rotatable bonds is 2. The van der Waals surface area contributed by atoms with Gasteiger partial charge >= 0.3 is 5.69 Å². The molecule has 6 nitrogen and oxygen atoms in total. The van der Waals surface area contributed by atoms with E-state index in [1.807, 2.05) is 0 Å². The molecule has 15 heavy (non-hydrogen) atoms. The molecule has 0 atom stereocenters. The smallest absolute Gasteiger partial charge is 0.326 e. The molecular formula is C8H7N3O3S. The van der Waals surface area contributed by atoms with E-state index >= 15 is 0 Å². The van der Waals surface area contributed by atoms with Crippen molar-refractivity contribution in [2.24, 2.45) is 5.73 Å². The molecular weight excluding hydrogens is 218 g/mol. The third-order valence-electron chi connectivity index (χ3n) is 1.91. The molecule has 0 fully saturated rings. The van der Waals surface area contributed by atoms with E-state index < -0.39 is 17.2 Å². The third kappa shape index (κ3) is 1.68. The van der Waals surface area contributed by atoms with Gasteiger partial charge in [0, 0.05) is 0 Å². The second-order valence-corrected chi connectivity index (χ2v) is 3.90. The summed E-state index contributed by atoms with van der Waals surface area (Å²) in [5, 5.41) is 1.97. The van der Waals surface area contributed by atoms with E-state index in [0.29, 0.717) is 15.8 Å². The van der Waals surface area contributed by atoms with Crippen LogP contribution in [0.4, 0.5) is 0 Å². The Kier molecular flexibility index (Phi) is 2.16. The van der Waals surface area contributed by atoms with Crippen molar-refractivity contribution in [3.8, 4) is 0 Å². The van der Waals surface area contributed by atoms with Gasteiger partial charge in [-0.3, -0.25) is 19.6 Å². The summed E-state index contributed by atoms with van der Waals surface area (Å²) >= 11 is 1.20. The van der Waals surface area contributed by atoms with Crippen molar-refractivity contribution in [2.45, 2.75) is 6.42 Å². The average Bonchev–Trinajstić information content (AvgIpc) is 2.46. The zero-order valence-corrected chi connectivity index (χ0v) is 8.31. The standard InChI is InChI=1S/C8H7N3O3S/c9-4(12)1-3-2-15-7-5(3)6(13)10-8(14)11-7/h2H,1H2,(H2,9,12)(H2,10,11,13,14). The first-order chi connectivity index (χ1) is 7.08. The monoisotopic (exact) mass is 225 g/mol. The highest BCUT2D eigenvalue weighted by atomic mass is 32.1. The number of primary amides is 1. The van der Waals surface area contributed by atoms with Crippen molar-refractivity contribution in [3.63, 3.8) is 0 Å². The van der Waals surface area contributed by atoms with Crippen molar-refractivity contribution >= 4 is 27.5 Å². The van der Waals surface area contributed by atoms with E-state index in [1.165, 1.54) is 11.3 Å². The van der Waals surface area contributed by atoms with Gasteiger partial charge in [-0.2, -0.15) is 0 Å². The lowest BCUT2D eigenvalue weighted by Gasteiger charge is -1.93. The summed E-state index contributed by atoms with van der Waals surface area (Å²) in [6, 6.07) is 0. The Labute approximate surface area is 86.7 Å². The number of nitrogens with one attached hydrogen (secondary N) is 2. The van der Waals surface area contributed by atoms with Crippen LogP contribution < -0.4 is 17.0 Å². The van der Waals surface area contributed by atoms with E-state index in [2.05, 4.69) is 9.97 Å². The summed E-state index contributed by atoms with van der Waals surface area (Å²) in [4.78, 5) is 38.2. The number of H-pyrrole nitrogens is 2. The number of carbonyl (C=O) groups excluding carboxylic acids is 1. The number of aromatic amines is 2. The highest BCUT2D eigenvalue weighted by molar-refractivity contribution is 7.16. The molecule has 2 aromatic heterocycles. The van der Waals surface area contributed by atoms with E-state index in [-0.39, 0.29) is 6.42 Å². The Morgan fingerprint density at radius 1 is 1.40 bits per heavy atom. The quantitative estimate of drug-likeness (QED) is 0.629. The van der Waals surface area contributed by atoms with Crippen molar-refractivity contribution in [1.29, 1.82) is 0 Å². The van der Waals surface area contributed by atoms with Crippen LogP contribution in [0.1, 0.15) is 5.56 Å². The molecule has 0 bridgehead atoms. The van der Waals surface area contributed by atoms with Crippen molar-refractivity contribution < 1.29 is 4.79 Å². The summed E-state index contributed by atoms with van der Waals surface area (Å²) < 4.78 is 0. The predicted octanol–water partition coefficient (Wildman–Crippen LogP) is -0.694. The number of carbonyl (C=O) groups is 1. The van der Waals surface area contributed by atoms with Crippen LogP contribution in [0.2, 0.25) is 0 Å². The SMILES string of the molecule is NC(=O)Cc1csc2[nH]c(=O)[nH]c(=O)c12.